The van der Waals surface area contributed by atoms with Crippen molar-refractivity contribution >= 4 is 5.97 Å². The molecule has 0 bridgehead atoms. The van der Waals surface area contributed by atoms with Gasteiger partial charge in [-0.1, -0.05) is 5.16 Å². The predicted molar refractivity (Wildman–Crippen MR) is 56.4 cm³/mol. The highest BCUT2D eigenvalue weighted by atomic mass is 19.4. The van der Waals surface area contributed by atoms with Crippen molar-refractivity contribution in [1.29, 1.82) is 0 Å². The molecule has 2 rings (SSSR count). The van der Waals surface area contributed by atoms with Gasteiger partial charge in [0.25, 0.3) is 0 Å². The van der Waals surface area contributed by atoms with Crippen LogP contribution in [0.25, 0.3) is 11.3 Å². The van der Waals surface area contributed by atoms with E-state index in [0.717, 1.165) is 18.3 Å². The number of rotatable bonds is 2. The molecular formula is C11H7F3N2O3. The minimum atomic E-state index is -4.55. The number of halogens is 3. The third kappa shape index (κ3) is 2.42. The molecule has 0 aliphatic heterocycles. The van der Waals surface area contributed by atoms with Crippen LogP contribution in [0.4, 0.5) is 13.2 Å². The summed E-state index contributed by atoms with van der Waals surface area (Å²) in [4.78, 5) is 14.2. The maximum absolute atomic E-state index is 12.3. The van der Waals surface area contributed by atoms with Crippen molar-refractivity contribution in [3.63, 3.8) is 0 Å². The van der Waals surface area contributed by atoms with Gasteiger partial charge in [-0.3, -0.25) is 4.98 Å². The van der Waals surface area contributed by atoms with Gasteiger partial charge in [-0.2, -0.15) is 13.2 Å². The molecule has 0 spiro atoms. The Kier molecular flexibility index (Phi) is 3.01. The minimum Gasteiger partial charge on any atom is -0.477 e. The SMILES string of the molecule is Cc1onc(-c2ccc(C(F)(F)F)nc2)c1C(=O)O. The van der Waals surface area contributed by atoms with Crippen LogP contribution in [0.1, 0.15) is 21.8 Å². The van der Waals surface area contributed by atoms with Gasteiger partial charge in [0.05, 0.1) is 0 Å². The zero-order chi connectivity index (χ0) is 14.2. The lowest BCUT2D eigenvalue weighted by Gasteiger charge is -2.05. The molecule has 100 valence electrons. The number of aromatic carboxylic acids is 1. The van der Waals surface area contributed by atoms with Crippen molar-refractivity contribution in [1.82, 2.24) is 10.1 Å². The number of carboxylic acids is 1. The molecule has 2 heterocycles. The van der Waals surface area contributed by atoms with Crippen molar-refractivity contribution < 1.29 is 27.6 Å². The Labute approximate surface area is 104 Å². The molecular weight excluding hydrogens is 265 g/mol. The van der Waals surface area contributed by atoms with Crippen molar-refractivity contribution in [2.45, 2.75) is 13.1 Å². The number of aromatic nitrogens is 2. The number of hydrogen-bond acceptors (Lipinski definition) is 4. The number of carboxylic acid groups (broad SMARTS) is 1. The molecule has 0 radical (unpaired) electrons. The minimum absolute atomic E-state index is 0.0498. The first-order chi connectivity index (χ1) is 8.80. The summed E-state index contributed by atoms with van der Waals surface area (Å²) in [5.74, 6) is -1.20. The number of hydrogen-bond donors (Lipinski definition) is 1. The highest BCUT2D eigenvalue weighted by molar-refractivity contribution is 5.95. The third-order valence-electron chi connectivity index (χ3n) is 2.40. The Morgan fingerprint density at radius 2 is 2.05 bits per heavy atom. The first-order valence-electron chi connectivity index (χ1n) is 5.04. The Balaban J connectivity index is 2.46. The van der Waals surface area contributed by atoms with Gasteiger partial charge in [-0.25, -0.2) is 4.79 Å². The Morgan fingerprint density at radius 3 is 2.53 bits per heavy atom. The van der Waals surface area contributed by atoms with Crippen LogP contribution in [0.5, 0.6) is 0 Å². The zero-order valence-electron chi connectivity index (χ0n) is 9.52. The molecule has 1 N–H and O–H groups in total. The summed E-state index contributed by atoms with van der Waals surface area (Å²) >= 11 is 0. The van der Waals surface area contributed by atoms with Crippen LogP contribution in [-0.2, 0) is 6.18 Å². The van der Waals surface area contributed by atoms with Crippen LogP contribution in [-0.4, -0.2) is 21.2 Å². The fourth-order valence-corrected chi connectivity index (χ4v) is 1.52. The fraction of sp³-hybridized carbons (Fsp3) is 0.182. The van der Waals surface area contributed by atoms with Gasteiger partial charge in [0.15, 0.2) is 0 Å². The monoisotopic (exact) mass is 272 g/mol. The van der Waals surface area contributed by atoms with Crippen LogP contribution in [0.15, 0.2) is 22.9 Å². The summed E-state index contributed by atoms with van der Waals surface area (Å²) in [7, 11) is 0. The van der Waals surface area contributed by atoms with Gasteiger partial charge in [0, 0.05) is 11.8 Å². The molecule has 2 aromatic heterocycles. The van der Waals surface area contributed by atoms with E-state index in [9.17, 15) is 18.0 Å². The predicted octanol–water partition coefficient (Wildman–Crippen LogP) is 2.76. The second-order valence-corrected chi connectivity index (χ2v) is 3.70. The molecule has 2 aromatic rings. The summed E-state index contributed by atoms with van der Waals surface area (Å²) < 4.78 is 41.8. The molecule has 0 saturated carbocycles. The molecule has 0 aliphatic rings. The van der Waals surface area contributed by atoms with E-state index in [1.165, 1.54) is 6.92 Å². The number of nitrogens with zero attached hydrogens (tertiary/aromatic N) is 2. The lowest BCUT2D eigenvalue weighted by molar-refractivity contribution is -0.141. The van der Waals surface area contributed by atoms with Gasteiger partial charge in [0.1, 0.15) is 22.7 Å². The van der Waals surface area contributed by atoms with Crippen molar-refractivity contribution in [2.24, 2.45) is 0 Å². The average molecular weight is 272 g/mol. The van der Waals surface area contributed by atoms with Crippen molar-refractivity contribution in [2.75, 3.05) is 0 Å². The van der Waals surface area contributed by atoms with Crippen LogP contribution in [0.3, 0.4) is 0 Å². The molecule has 0 unspecified atom stereocenters. The van der Waals surface area contributed by atoms with Crippen molar-refractivity contribution in [3.05, 3.63) is 35.3 Å². The maximum atomic E-state index is 12.3. The van der Waals surface area contributed by atoms with E-state index in [4.69, 9.17) is 9.63 Å². The molecule has 5 nitrogen and oxygen atoms in total. The van der Waals surface area contributed by atoms with E-state index >= 15 is 0 Å². The molecule has 0 aliphatic carbocycles. The molecule has 0 fully saturated rings. The summed E-state index contributed by atoms with van der Waals surface area (Å²) in [6.45, 7) is 1.40. The van der Waals surface area contributed by atoms with Crippen LogP contribution < -0.4 is 0 Å². The first kappa shape index (κ1) is 13.1. The topological polar surface area (TPSA) is 76.2 Å². The number of carbonyl (C=O) groups is 1. The zero-order valence-corrected chi connectivity index (χ0v) is 9.52. The standard InChI is InChI=1S/C11H7F3N2O3/c1-5-8(10(17)18)9(16-19-5)6-2-3-7(15-4-6)11(12,13)14/h2-4H,1H3,(H,17,18). The maximum Gasteiger partial charge on any atom is 0.433 e. The number of alkyl halides is 3. The molecule has 8 heteroatoms. The summed E-state index contributed by atoms with van der Waals surface area (Å²) in [5.41, 5.74) is -1.16. The van der Waals surface area contributed by atoms with Crippen LogP contribution in [0.2, 0.25) is 0 Å². The largest absolute Gasteiger partial charge is 0.477 e. The summed E-state index contributed by atoms with van der Waals surface area (Å²) in [5, 5.41) is 12.5. The van der Waals surface area contributed by atoms with Gasteiger partial charge >= 0.3 is 12.1 Å². The normalized spacial score (nSPS) is 11.6. The molecule has 0 aromatic carbocycles. The smallest absolute Gasteiger partial charge is 0.433 e. The molecule has 0 saturated heterocycles. The summed E-state index contributed by atoms with van der Waals surface area (Å²) in [6.07, 6.45) is -3.64. The van der Waals surface area contributed by atoms with E-state index in [1.807, 2.05) is 0 Å². The average Bonchev–Trinajstić information content (AvgIpc) is 2.70. The highest BCUT2D eigenvalue weighted by Crippen LogP contribution is 2.30. The van der Waals surface area contributed by atoms with Gasteiger partial charge in [0.2, 0.25) is 0 Å². The highest BCUT2D eigenvalue weighted by Gasteiger charge is 2.32. The van der Waals surface area contributed by atoms with Crippen LogP contribution in [0, 0.1) is 6.92 Å². The van der Waals surface area contributed by atoms with Gasteiger partial charge in [-0.15, -0.1) is 0 Å². The second-order valence-electron chi connectivity index (χ2n) is 3.70. The quantitative estimate of drug-likeness (QED) is 0.909. The first-order valence-corrected chi connectivity index (χ1v) is 5.04. The molecule has 19 heavy (non-hydrogen) atoms. The summed E-state index contributed by atoms with van der Waals surface area (Å²) in [6, 6.07) is 1.85. The van der Waals surface area contributed by atoms with E-state index in [-0.39, 0.29) is 22.6 Å². The third-order valence-corrected chi connectivity index (χ3v) is 2.40. The molecule has 0 amide bonds. The second kappa shape index (κ2) is 4.38. The fourth-order valence-electron chi connectivity index (χ4n) is 1.52. The van der Waals surface area contributed by atoms with E-state index in [0.29, 0.717) is 0 Å². The Bertz CT molecular complexity index is 617. The van der Waals surface area contributed by atoms with Gasteiger partial charge in [-0.05, 0) is 19.1 Å². The number of aryl methyl sites for hydroxylation is 1. The van der Waals surface area contributed by atoms with E-state index in [2.05, 4.69) is 10.1 Å². The van der Waals surface area contributed by atoms with Gasteiger partial charge < -0.3 is 9.63 Å². The Hall–Kier alpha value is -2.38. The molecule has 0 atom stereocenters. The lowest BCUT2D eigenvalue weighted by Crippen LogP contribution is -2.07. The van der Waals surface area contributed by atoms with Crippen LogP contribution >= 0.6 is 0 Å². The van der Waals surface area contributed by atoms with E-state index in [1.54, 1.807) is 0 Å². The van der Waals surface area contributed by atoms with E-state index < -0.39 is 17.8 Å². The van der Waals surface area contributed by atoms with Crippen molar-refractivity contribution in [3.8, 4) is 11.3 Å². The lowest BCUT2D eigenvalue weighted by atomic mass is 10.1. The number of pyridine rings is 1. The Morgan fingerprint density at radius 1 is 1.37 bits per heavy atom.